The number of nitrogens with zero attached hydrogens (tertiary/aromatic N) is 3. The number of hydrogen-bond acceptors (Lipinski definition) is 4. The van der Waals surface area contributed by atoms with Crippen LogP contribution in [0.4, 0.5) is 5.69 Å². The number of nitrogens with one attached hydrogen (secondary N) is 1. The zero-order valence-electron chi connectivity index (χ0n) is 18.9. The highest BCUT2D eigenvalue weighted by Gasteiger charge is 2.52. The predicted molar refractivity (Wildman–Crippen MR) is 120 cm³/mol. The van der Waals surface area contributed by atoms with Gasteiger partial charge in [0, 0.05) is 38.5 Å². The van der Waals surface area contributed by atoms with E-state index in [0.717, 1.165) is 13.1 Å². The summed E-state index contributed by atoms with van der Waals surface area (Å²) in [6, 6.07) is 7.56. The average Bonchev–Trinajstić information content (AvgIpc) is 3.07. The zero-order valence-corrected chi connectivity index (χ0v) is 18.9. The van der Waals surface area contributed by atoms with Crippen molar-refractivity contribution >= 4 is 23.4 Å². The Hall–Kier alpha value is -2.41. The average molecular weight is 427 g/mol. The molecule has 31 heavy (non-hydrogen) atoms. The van der Waals surface area contributed by atoms with Crippen LogP contribution in [0.1, 0.15) is 63.2 Å². The van der Waals surface area contributed by atoms with E-state index in [1.54, 1.807) is 15.9 Å². The Labute approximate surface area is 184 Å². The third-order valence-electron chi connectivity index (χ3n) is 7.21. The fourth-order valence-corrected chi connectivity index (χ4v) is 5.36. The van der Waals surface area contributed by atoms with Crippen molar-refractivity contribution in [2.45, 2.75) is 64.6 Å². The van der Waals surface area contributed by atoms with E-state index in [1.807, 2.05) is 25.1 Å². The molecule has 1 aromatic rings. The minimum atomic E-state index is -0.708. The normalized spacial score (nSPS) is 27.1. The Morgan fingerprint density at radius 2 is 2.06 bits per heavy atom. The molecular weight excluding hydrogens is 392 g/mol. The zero-order chi connectivity index (χ0) is 22.2. The first-order valence-electron chi connectivity index (χ1n) is 11.6. The van der Waals surface area contributed by atoms with Crippen LogP contribution in [-0.2, 0) is 9.59 Å². The maximum Gasteiger partial charge on any atom is 0.257 e. The van der Waals surface area contributed by atoms with E-state index in [1.165, 1.54) is 12.8 Å². The van der Waals surface area contributed by atoms with E-state index in [4.69, 9.17) is 0 Å². The van der Waals surface area contributed by atoms with Crippen molar-refractivity contribution in [3.05, 3.63) is 29.8 Å². The van der Waals surface area contributed by atoms with Crippen LogP contribution in [-0.4, -0.2) is 65.4 Å². The highest BCUT2D eigenvalue weighted by atomic mass is 16.2. The molecule has 0 aliphatic carbocycles. The van der Waals surface area contributed by atoms with Crippen molar-refractivity contribution in [1.29, 1.82) is 0 Å². The van der Waals surface area contributed by atoms with E-state index in [9.17, 15) is 14.4 Å². The largest absolute Gasteiger partial charge is 0.354 e. The first-order chi connectivity index (χ1) is 14.8. The molecule has 3 amide bonds. The highest BCUT2D eigenvalue weighted by molar-refractivity contribution is 6.10. The van der Waals surface area contributed by atoms with Crippen LogP contribution in [0, 0.1) is 5.92 Å². The number of para-hydroxylation sites is 1. The SMILES string of the molecule is CC1CCCN(C(C)CNC(=O)CCN2C(=O)c3ccccc3N3C(=O)CCC23C)C1. The van der Waals surface area contributed by atoms with E-state index >= 15 is 0 Å². The third kappa shape index (κ3) is 4.07. The Bertz CT molecular complexity index is 872. The Kier molecular flexibility index (Phi) is 6.06. The van der Waals surface area contributed by atoms with Crippen molar-refractivity contribution < 1.29 is 14.4 Å². The van der Waals surface area contributed by atoms with Crippen LogP contribution in [0.3, 0.4) is 0 Å². The molecule has 1 aromatic carbocycles. The summed E-state index contributed by atoms with van der Waals surface area (Å²) in [6.45, 7) is 9.46. The highest BCUT2D eigenvalue weighted by Crippen LogP contribution is 2.43. The molecule has 3 heterocycles. The molecule has 1 N–H and O–H groups in total. The molecule has 0 bridgehead atoms. The number of rotatable bonds is 6. The molecule has 3 aliphatic rings. The Morgan fingerprint density at radius 3 is 2.84 bits per heavy atom. The molecule has 2 saturated heterocycles. The predicted octanol–water partition coefficient (Wildman–Crippen LogP) is 2.61. The van der Waals surface area contributed by atoms with Gasteiger partial charge in [-0.2, -0.15) is 0 Å². The van der Waals surface area contributed by atoms with Gasteiger partial charge < -0.3 is 10.2 Å². The van der Waals surface area contributed by atoms with Gasteiger partial charge in [0.05, 0.1) is 11.3 Å². The molecule has 2 fully saturated rings. The van der Waals surface area contributed by atoms with E-state index < -0.39 is 5.66 Å². The minimum absolute atomic E-state index is 0.0292. The number of anilines is 1. The summed E-state index contributed by atoms with van der Waals surface area (Å²) in [4.78, 5) is 44.4. The number of fused-ring (bicyclic) bond motifs is 3. The summed E-state index contributed by atoms with van der Waals surface area (Å²) in [5.74, 6) is 0.578. The Balaban J connectivity index is 1.38. The van der Waals surface area contributed by atoms with Gasteiger partial charge in [-0.15, -0.1) is 0 Å². The quantitative estimate of drug-likeness (QED) is 0.759. The number of carbonyl (C=O) groups excluding carboxylic acids is 3. The van der Waals surface area contributed by atoms with Crippen LogP contribution < -0.4 is 10.2 Å². The number of carbonyl (C=O) groups is 3. The van der Waals surface area contributed by atoms with Crippen LogP contribution >= 0.6 is 0 Å². The van der Waals surface area contributed by atoms with Gasteiger partial charge in [0.25, 0.3) is 5.91 Å². The summed E-state index contributed by atoms with van der Waals surface area (Å²) in [5.41, 5.74) is 0.506. The van der Waals surface area contributed by atoms with E-state index in [0.29, 0.717) is 49.1 Å². The van der Waals surface area contributed by atoms with Crippen molar-refractivity contribution in [1.82, 2.24) is 15.1 Å². The summed E-state index contributed by atoms with van der Waals surface area (Å²) in [7, 11) is 0. The van der Waals surface area contributed by atoms with Crippen molar-refractivity contribution in [3.63, 3.8) is 0 Å². The lowest BCUT2D eigenvalue weighted by molar-refractivity contribution is -0.121. The number of benzene rings is 1. The maximum absolute atomic E-state index is 13.2. The summed E-state index contributed by atoms with van der Waals surface area (Å²) in [5, 5.41) is 3.05. The second-order valence-corrected chi connectivity index (χ2v) is 9.57. The lowest BCUT2D eigenvalue weighted by atomic mass is 9.98. The van der Waals surface area contributed by atoms with Crippen LogP contribution in [0.2, 0.25) is 0 Å². The molecule has 0 radical (unpaired) electrons. The molecule has 7 heteroatoms. The molecule has 168 valence electrons. The van der Waals surface area contributed by atoms with Gasteiger partial charge in [-0.05, 0) is 57.7 Å². The first kappa shape index (κ1) is 21.8. The van der Waals surface area contributed by atoms with Crippen LogP contribution in [0.25, 0.3) is 0 Å². The topological polar surface area (TPSA) is 73.0 Å². The van der Waals surface area contributed by atoms with Crippen molar-refractivity contribution in [2.24, 2.45) is 5.92 Å². The lowest BCUT2D eigenvalue weighted by Gasteiger charge is -2.48. The van der Waals surface area contributed by atoms with Crippen LogP contribution in [0.5, 0.6) is 0 Å². The molecule has 3 aliphatic heterocycles. The fraction of sp³-hybridized carbons (Fsp3) is 0.625. The summed E-state index contributed by atoms with van der Waals surface area (Å²) >= 11 is 0. The van der Waals surface area contributed by atoms with Crippen molar-refractivity contribution in [2.75, 3.05) is 31.1 Å². The molecular formula is C24H34N4O3. The molecule has 3 unspecified atom stereocenters. The molecule has 7 nitrogen and oxygen atoms in total. The van der Waals surface area contributed by atoms with Gasteiger partial charge in [-0.25, -0.2) is 0 Å². The lowest BCUT2D eigenvalue weighted by Crippen LogP contribution is -2.62. The standard InChI is InChI=1S/C24H34N4O3/c1-17-7-6-13-26(16-17)18(2)15-25-21(29)11-14-27-23(31)19-8-4-5-9-20(19)28-22(30)10-12-24(27,28)3/h4-5,8-9,17-18H,6-7,10-16H2,1-3H3,(H,25,29). The van der Waals surface area contributed by atoms with Gasteiger partial charge in [0.1, 0.15) is 5.66 Å². The number of piperidine rings is 1. The monoisotopic (exact) mass is 426 g/mol. The minimum Gasteiger partial charge on any atom is -0.354 e. The maximum atomic E-state index is 13.2. The second-order valence-electron chi connectivity index (χ2n) is 9.57. The molecule has 4 rings (SSSR count). The number of amides is 3. The van der Waals surface area contributed by atoms with Gasteiger partial charge >= 0.3 is 0 Å². The van der Waals surface area contributed by atoms with E-state index in [2.05, 4.69) is 24.1 Å². The van der Waals surface area contributed by atoms with E-state index in [-0.39, 0.29) is 24.1 Å². The van der Waals surface area contributed by atoms with Gasteiger partial charge in [0.15, 0.2) is 0 Å². The smallest absolute Gasteiger partial charge is 0.257 e. The van der Waals surface area contributed by atoms with Gasteiger partial charge in [0.2, 0.25) is 11.8 Å². The summed E-state index contributed by atoms with van der Waals surface area (Å²) < 4.78 is 0. The number of likely N-dealkylation sites (tertiary alicyclic amines) is 1. The molecule has 3 atom stereocenters. The van der Waals surface area contributed by atoms with Gasteiger partial charge in [-0.1, -0.05) is 19.1 Å². The molecule has 0 spiro atoms. The molecule has 0 saturated carbocycles. The third-order valence-corrected chi connectivity index (χ3v) is 7.21. The van der Waals surface area contributed by atoms with Crippen LogP contribution in [0.15, 0.2) is 24.3 Å². The first-order valence-corrected chi connectivity index (χ1v) is 11.6. The van der Waals surface area contributed by atoms with Crippen molar-refractivity contribution in [3.8, 4) is 0 Å². The number of hydrogen-bond donors (Lipinski definition) is 1. The summed E-state index contributed by atoms with van der Waals surface area (Å²) in [6.07, 6.45) is 3.71. The second kappa shape index (κ2) is 8.61. The Morgan fingerprint density at radius 1 is 1.29 bits per heavy atom. The van der Waals surface area contributed by atoms with Gasteiger partial charge in [-0.3, -0.25) is 24.2 Å². The fourth-order valence-electron chi connectivity index (χ4n) is 5.36. The molecule has 0 aromatic heterocycles.